The fraction of sp³-hybridized carbons (Fsp3) is 0.240. The van der Waals surface area contributed by atoms with Crippen LogP contribution >= 0.6 is 0 Å². The smallest absolute Gasteiger partial charge is 0.256 e. The maximum Gasteiger partial charge on any atom is 0.256 e. The quantitative estimate of drug-likeness (QED) is 0.122. The Kier molecular flexibility index (Phi) is 11.2. The van der Waals surface area contributed by atoms with Gasteiger partial charge in [-0.1, -0.05) is 54.6 Å². The third-order valence-electron chi connectivity index (χ3n) is 11.7. The number of rotatable bonds is 12. The van der Waals surface area contributed by atoms with Crippen LogP contribution in [0.3, 0.4) is 0 Å². The van der Waals surface area contributed by atoms with Gasteiger partial charge >= 0.3 is 0 Å². The lowest BCUT2D eigenvalue weighted by Crippen LogP contribution is -2.42. The van der Waals surface area contributed by atoms with E-state index >= 15 is 0 Å². The molecule has 5 aromatic carbocycles. The third kappa shape index (κ3) is 7.99. The van der Waals surface area contributed by atoms with E-state index in [4.69, 9.17) is 38.4 Å². The zero-order valence-corrected chi connectivity index (χ0v) is 35.0. The van der Waals surface area contributed by atoms with Crippen LogP contribution in [0, 0.1) is 0 Å². The van der Waals surface area contributed by atoms with Crippen molar-refractivity contribution in [2.75, 3.05) is 41.5 Å². The van der Waals surface area contributed by atoms with Crippen LogP contribution in [0.25, 0.3) is 11.1 Å². The van der Waals surface area contributed by atoms with Gasteiger partial charge in [-0.15, -0.1) is 0 Å². The number of methoxy groups -OCH3 is 4. The van der Waals surface area contributed by atoms with Gasteiger partial charge in [0.2, 0.25) is 0 Å². The van der Waals surface area contributed by atoms with E-state index in [1.165, 1.54) is 0 Å². The third-order valence-corrected chi connectivity index (χ3v) is 11.7. The minimum atomic E-state index is -0.290. The second kappa shape index (κ2) is 17.3. The molecule has 4 aliphatic rings. The molecule has 12 nitrogen and oxygen atoms in total. The monoisotopic (exact) mass is 830 g/mol. The van der Waals surface area contributed by atoms with E-state index in [-0.39, 0.29) is 37.1 Å². The van der Waals surface area contributed by atoms with Gasteiger partial charge < -0.3 is 38.2 Å². The van der Waals surface area contributed by atoms with Crippen LogP contribution in [0.2, 0.25) is 0 Å². The second-order valence-corrected chi connectivity index (χ2v) is 15.3. The predicted octanol–water partition coefficient (Wildman–Crippen LogP) is 8.91. The van der Waals surface area contributed by atoms with E-state index in [0.717, 1.165) is 57.7 Å². The molecule has 2 amide bonds. The van der Waals surface area contributed by atoms with Gasteiger partial charge in [-0.2, -0.15) is 0 Å². The van der Waals surface area contributed by atoms with Crippen molar-refractivity contribution >= 4 is 46.8 Å². The summed E-state index contributed by atoms with van der Waals surface area (Å²) >= 11 is 0. The number of amides is 2. The molecule has 9 rings (SSSR count). The molecule has 4 aliphatic heterocycles. The molecule has 0 fully saturated rings. The second-order valence-electron chi connectivity index (χ2n) is 15.3. The standard InChI is InChI=1S/C50H46N4O8/c1-57-39-12-8-33(9-13-39)35-16-18-53-37(21-35)27-51-43-25-47(45(59-3)23-41(43)49(53)55)61-29-31-6-5-7-32(20-31)30-62-48-26-44-42(24-46(48)60-4)50(56)54-19-17-36(22-38(54)28-52-44)34-10-14-40(58-2)15-11-34/h5-15,20-28,37-38H,16-19,29-30H2,1-4H3/t37-,38?/m0/s1. The highest BCUT2D eigenvalue weighted by molar-refractivity contribution is 6.05. The molecule has 0 aromatic heterocycles. The van der Waals surface area contributed by atoms with E-state index < -0.39 is 0 Å². The van der Waals surface area contributed by atoms with Crippen LogP contribution in [0.5, 0.6) is 34.5 Å². The SMILES string of the molecule is COc1ccc(C2=CC3C=Nc4cc(OCc5cccc(COc6cc7c(cc6OC)C(=O)N6CCC(c8ccc(OC)cc8)=C[C@H]6C=N7)c5)c(OC)cc4C(=O)N3CC2)cc1. The van der Waals surface area contributed by atoms with E-state index in [2.05, 4.69) is 12.2 Å². The van der Waals surface area contributed by atoms with Crippen LogP contribution < -0.4 is 28.4 Å². The van der Waals surface area contributed by atoms with Gasteiger partial charge in [0.05, 0.1) is 63.0 Å². The number of carbonyl (C=O) groups is 2. The summed E-state index contributed by atoms with van der Waals surface area (Å²) in [5.41, 5.74) is 8.27. The fourth-order valence-corrected chi connectivity index (χ4v) is 8.30. The van der Waals surface area contributed by atoms with Gasteiger partial charge in [-0.3, -0.25) is 19.6 Å². The highest BCUT2D eigenvalue weighted by Crippen LogP contribution is 2.41. The lowest BCUT2D eigenvalue weighted by atomic mass is 9.95. The van der Waals surface area contributed by atoms with E-state index in [0.29, 0.717) is 58.6 Å². The highest BCUT2D eigenvalue weighted by Gasteiger charge is 2.33. The van der Waals surface area contributed by atoms with Crippen LogP contribution in [0.4, 0.5) is 11.4 Å². The molecule has 12 heteroatoms. The average molecular weight is 831 g/mol. The fourth-order valence-electron chi connectivity index (χ4n) is 8.30. The summed E-state index contributed by atoms with van der Waals surface area (Å²) in [7, 11) is 6.42. The Balaban J connectivity index is 0.881. The molecule has 62 heavy (non-hydrogen) atoms. The first-order valence-electron chi connectivity index (χ1n) is 20.5. The zero-order chi connectivity index (χ0) is 42.7. The first kappa shape index (κ1) is 40.1. The highest BCUT2D eigenvalue weighted by atomic mass is 16.5. The summed E-state index contributed by atoms with van der Waals surface area (Å²) in [6.07, 6.45) is 9.28. The summed E-state index contributed by atoms with van der Waals surface area (Å²) in [5, 5.41) is 0. The van der Waals surface area contributed by atoms with Gasteiger partial charge in [-0.25, -0.2) is 0 Å². The number of hydrogen-bond donors (Lipinski definition) is 0. The summed E-state index contributed by atoms with van der Waals surface area (Å²) in [6.45, 7) is 1.58. The first-order valence-corrected chi connectivity index (χ1v) is 20.5. The molecule has 0 aliphatic carbocycles. The summed E-state index contributed by atoms with van der Waals surface area (Å²) in [5.74, 6) is 3.21. The molecular weight excluding hydrogens is 785 g/mol. The summed E-state index contributed by atoms with van der Waals surface area (Å²) < 4.78 is 34.7. The maximum atomic E-state index is 13.9. The van der Waals surface area contributed by atoms with Crippen LogP contribution in [-0.4, -0.2) is 87.7 Å². The molecule has 0 spiro atoms. The van der Waals surface area contributed by atoms with E-state index in [1.807, 2.05) is 95.0 Å². The van der Waals surface area contributed by atoms with Crippen molar-refractivity contribution in [1.29, 1.82) is 0 Å². The van der Waals surface area contributed by atoms with Crippen molar-refractivity contribution in [3.8, 4) is 34.5 Å². The average Bonchev–Trinajstić information content (AvgIpc) is 3.55. The molecule has 1 unspecified atom stereocenters. The lowest BCUT2D eigenvalue weighted by molar-refractivity contribution is 0.0744. The van der Waals surface area contributed by atoms with Crippen molar-refractivity contribution < 1.29 is 38.0 Å². The molecule has 2 atom stereocenters. The van der Waals surface area contributed by atoms with Crippen molar-refractivity contribution in [2.45, 2.75) is 38.1 Å². The number of carbonyl (C=O) groups excluding carboxylic acids is 2. The molecule has 0 bridgehead atoms. The van der Waals surface area contributed by atoms with E-state index in [1.54, 1.807) is 52.7 Å². The normalized spacial score (nSPS) is 17.6. The molecule has 4 heterocycles. The topological polar surface area (TPSA) is 121 Å². The Hall–Kier alpha value is -7.34. The van der Waals surface area contributed by atoms with Crippen molar-refractivity contribution in [3.63, 3.8) is 0 Å². The van der Waals surface area contributed by atoms with Crippen LogP contribution in [-0.2, 0) is 13.2 Å². The minimum absolute atomic E-state index is 0.109. The predicted molar refractivity (Wildman–Crippen MR) is 238 cm³/mol. The van der Waals surface area contributed by atoms with Crippen LogP contribution in [0.15, 0.2) is 119 Å². The molecule has 0 saturated heterocycles. The lowest BCUT2D eigenvalue weighted by Gasteiger charge is -2.31. The summed E-state index contributed by atoms with van der Waals surface area (Å²) in [4.78, 5) is 41.0. The van der Waals surface area contributed by atoms with Crippen molar-refractivity contribution in [3.05, 3.63) is 143 Å². The summed E-state index contributed by atoms with van der Waals surface area (Å²) in [6, 6.07) is 30.2. The number of aliphatic imine (C=N–C) groups is 2. The molecule has 0 saturated carbocycles. The Labute approximate surface area is 360 Å². The van der Waals surface area contributed by atoms with Gasteiger partial charge in [0.25, 0.3) is 11.8 Å². The minimum Gasteiger partial charge on any atom is -0.497 e. The largest absolute Gasteiger partial charge is 0.497 e. The number of fused-ring (bicyclic) bond motifs is 4. The molecule has 5 aromatic rings. The first-order chi connectivity index (χ1) is 30.3. The maximum absolute atomic E-state index is 13.9. The number of nitrogens with zero attached hydrogens (tertiary/aromatic N) is 4. The number of ether oxygens (including phenoxy) is 6. The van der Waals surface area contributed by atoms with Gasteiger partial charge in [-0.05, 0) is 88.7 Å². The van der Waals surface area contributed by atoms with Crippen molar-refractivity contribution in [1.82, 2.24) is 9.80 Å². The van der Waals surface area contributed by atoms with Crippen molar-refractivity contribution in [2.24, 2.45) is 9.98 Å². The molecule has 314 valence electrons. The van der Waals surface area contributed by atoms with Crippen LogP contribution in [0.1, 0.15) is 55.8 Å². The Bertz CT molecular complexity index is 2470. The molecular formula is C50H46N4O8. The van der Waals surface area contributed by atoms with Gasteiger partial charge in [0.1, 0.15) is 24.7 Å². The number of benzene rings is 5. The molecule has 0 radical (unpaired) electrons. The van der Waals surface area contributed by atoms with Gasteiger partial charge in [0, 0.05) is 37.7 Å². The van der Waals surface area contributed by atoms with Gasteiger partial charge in [0.15, 0.2) is 23.0 Å². The zero-order valence-electron chi connectivity index (χ0n) is 35.0. The Morgan fingerprint density at radius 3 is 1.37 bits per heavy atom. The number of hydrogen-bond acceptors (Lipinski definition) is 10. The Morgan fingerprint density at radius 1 is 0.532 bits per heavy atom. The molecule has 0 N–H and O–H groups in total. The van der Waals surface area contributed by atoms with E-state index in [9.17, 15) is 9.59 Å². The Morgan fingerprint density at radius 2 is 0.968 bits per heavy atom.